The summed E-state index contributed by atoms with van der Waals surface area (Å²) in [5.41, 5.74) is 2.90. The number of hydrogen-bond acceptors (Lipinski definition) is 5. The topological polar surface area (TPSA) is 96.9 Å². The van der Waals surface area contributed by atoms with Gasteiger partial charge in [0.2, 0.25) is 11.8 Å². The fourth-order valence-corrected chi connectivity index (χ4v) is 4.15. The molecule has 2 heterocycles. The summed E-state index contributed by atoms with van der Waals surface area (Å²) in [6, 6.07) is 17.3. The first-order valence-corrected chi connectivity index (χ1v) is 11.4. The summed E-state index contributed by atoms with van der Waals surface area (Å²) >= 11 is 0. The van der Waals surface area contributed by atoms with Gasteiger partial charge in [0.1, 0.15) is 6.10 Å². The Morgan fingerprint density at radius 3 is 2.33 bits per heavy atom. The van der Waals surface area contributed by atoms with Gasteiger partial charge in [-0.05, 0) is 36.1 Å². The first-order chi connectivity index (χ1) is 16.1. The smallest absolute Gasteiger partial charge is 0.227 e. The number of benzene rings is 2. The summed E-state index contributed by atoms with van der Waals surface area (Å²) in [7, 11) is 0. The molecule has 0 radical (unpaired) electrons. The number of ether oxygens (including phenoxy) is 2. The summed E-state index contributed by atoms with van der Waals surface area (Å²) < 4.78 is 11.2. The fraction of sp³-hybridized carbons (Fsp3) is 0.385. The molecule has 3 atom stereocenters. The fourth-order valence-electron chi connectivity index (χ4n) is 4.15. The Balaban J connectivity index is 1.29. The van der Waals surface area contributed by atoms with Crippen LogP contribution in [0.3, 0.4) is 0 Å². The summed E-state index contributed by atoms with van der Waals surface area (Å²) in [5.74, 6) is -0.313. The quantitative estimate of drug-likeness (QED) is 0.564. The van der Waals surface area contributed by atoms with Crippen LogP contribution in [0.2, 0.25) is 0 Å². The van der Waals surface area contributed by atoms with E-state index in [0.29, 0.717) is 31.7 Å². The molecule has 1 fully saturated rings. The second-order valence-corrected chi connectivity index (χ2v) is 8.40. The number of rotatable bonds is 7. The minimum Gasteiger partial charge on any atom is -0.394 e. The highest BCUT2D eigenvalue weighted by atomic mass is 16.5. The lowest BCUT2D eigenvalue weighted by atomic mass is 9.97. The molecule has 2 amide bonds. The molecule has 0 unspecified atom stereocenters. The van der Waals surface area contributed by atoms with E-state index in [9.17, 15) is 14.7 Å². The lowest BCUT2D eigenvalue weighted by molar-refractivity contribution is -0.131. The van der Waals surface area contributed by atoms with Crippen LogP contribution in [0.25, 0.3) is 11.1 Å². The SMILES string of the molecule is O=C(C[C@H]1C=C[C@H](NC(=O)C2CCOCC2)[C@@H](CO)O1)Nc1ccc(-c2ccccc2)cc1. The average molecular weight is 451 g/mol. The second-order valence-electron chi connectivity index (χ2n) is 8.40. The Morgan fingerprint density at radius 2 is 1.64 bits per heavy atom. The zero-order chi connectivity index (χ0) is 23.0. The van der Waals surface area contributed by atoms with Gasteiger partial charge >= 0.3 is 0 Å². The van der Waals surface area contributed by atoms with Crippen molar-refractivity contribution in [3.8, 4) is 11.1 Å². The minimum absolute atomic E-state index is 0.0508. The van der Waals surface area contributed by atoms with Crippen molar-refractivity contribution in [2.45, 2.75) is 37.5 Å². The Hall–Kier alpha value is -3.00. The van der Waals surface area contributed by atoms with Crippen molar-refractivity contribution >= 4 is 17.5 Å². The molecule has 2 aliphatic heterocycles. The third-order valence-electron chi connectivity index (χ3n) is 6.03. The second kappa shape index (κ2) is 11.2. The molecule has 4 rings (SSSR count). The standard InChI is InChI=1S/C26H30N2O5/c29-17-24-23(28-26(31)20-12-14-32-15-13-20)11-10-22(33-24)16-25(30)27-21-8-6-19(7-9-21)18-4-2-1-3-5-18/h1-11,20,22-24,29H,12-17H2,(H,27,30)(H,28,31)/t22-,23+,24-/m1/s1. The van der Waals surface area contributed by atoms with Crippen molar-refractivity contribution in [3.63, 3.8) is 0 Å². The molecule has 7 heteroatoms. The maximum Gasteiger partial charge on any atom is 0.227 e. The van der Waals surface area contributed by atoms with Gasteiger partial charge in [0.05, 0.1) is 25.2 Å². The summed E-state index contributed by atoms with van der Waals surface area (Å²) in [5, 5.41) is 15.6. The maximum absolute atomic E-state index is 12.5. The van der Waals surface area contributed by atoms with Crippen LogP contribution < -0.4 is 10.6 Å². The van der Waals surface area contributed by atoms with E-state index in [1.165, 1.54) is 0 Å². The molecule has 0 spiro atoms. The van der Waals surface area contributed by atoms with Crippen LogP contribution in [0.1, 0.15) is 19.3 Å². The average Bonchev–Trinajstić information content (AvgIpc) is 2.86. The highest BCUT2D eigenvalue weighted by Gasteiger charge is 2.31. The maximum atomic E-state index is 12.5. The van der Waals surface area contributed by atoms with E-state index in [4.69, 9.17) is 9.47 Å². The van der Waals surface area contributed by atoms with Crippen LogP contribution in [0, 0.1) is 5.92 Å². The first kappa shape index (κ1) is 23.2. The van der Waals surface area contributed by atoms with Gasteiger partial charge < -0.3 is 25.2 Å². The third-order valence-corrected chi connectivity index (χ3v) is 6.03. The van der Waals surface area contributed by atoms with Crippen LogP contribution >= 0.6 is 0 Å². The highest BCUT2D eigenvalue weighted by Crippen LogP contribution is 2.22. The van der Waals surface area contributed by atoms with E-state index in [1.807, 2.05) is 60.7 Å². The van der Waals surface area contributed by atoms with E-state index in [2.05, 4.69) is 10.6 Å². The van der Waals surface area contributed by atoms with Gasteiger partial charge in [-0.25, -0.2) is 0 Å². The highest BCUT2D eigenvalue weighted by molar-refractivity contribution is 5.91. The Bertz CT molecular complexity index is 954. The number of aliphatic hydroxyl groups excluding tert-OH is 1. The van der Waals surface area contributed by atoms with Gasteiger partial charge in [-0.2, -0.15) is 0 Å². The summed E-state index contributed by atoms with van der Waals surface area (Å²) in [4.78, 5) is 25.0. The molecule has 174 valence electrons. The van der Waals surface area contributed by atoms with Crippen molar-refractivity contribution in [2.75, 3.05) is 25.1 Å². The van der Waals surface area contributed by atoms with Crippen LogP contribution in [-0.2, 0) is 19.1 Å². The van der Waals surface area contributed by atoms with E-state index < -0.39 is 18.2 Å². The van der Waals surface area contributed by atoms with Gasteiger partial charge in [-0.1, -0.05) is 54.6 Å². The van der Waals surface area contributed by atoms with E-state index in [1.54, 1.807) is 6.08 Å². The first-order valence-electron chi connectivity index (χ1n) is 11.4. The number of hydrogen-bond donors (Lipinski definition) is 3. The molecule has 0 aliphatic carbocycles. The predicted molar refractivity (Wildman–Crippen MR) is 125 cm³/mol. The van der Waals surface area contributed by atoms with Gasteiger partial charge in [0, 0.05) is 24.8 Å². The van der Waals surface area contributed by atoms with E-state index in [-0.39, 0.29) is 30.8 Å². The zero-order valence-corrected chi connectivity index (χ0v) is 18.5. The number of anilines is 1. The molecule has 0 bridgehead atoms. The Morgan fingerprint density at radius 1 is 0.939 bits per heavy atom. The van der Waals surface area contributed by atoms with Crippen LogP contribution in [0.4, 0.5) is 5.69 Å². The molecular weight excluding hydrogens is 420 g/mol. The minimum atomic E-state index is -0.596. The summed E-state index contributed by atoms with van der Waals surface area (Å²) in [6.07, 6.45) is 4.04. The molecule has 2 aromatic carbocycles. The lowest BCUT2D eigenvalue weighted by Crippen LogP contribution is -2.50. The molecule has 33 heavy (non-hydrogen) atoms. The number of aliphatic hydroxyl groups is 1. The number of nitrogens with one attached hydrogen (secondary N) is 2. The van der Waals surface area contributed by atoms with Gasteiger partial charge in [-0.3, -0.25) is 9.59 Å². The lowest BCUT2D eigenvalue weighted by Gasteiger charge is -2.33. The zero-order valence-electron chi connectivity index (χ0n) is 18.5. The molecule has 2 aromatic rings. The van der Waals surface area contributed by atoms with Crippen molar-refractivity contribution in [1.29, 1.82) is 0 Å². The van der Waals surface area contributed by atoms with Crippen molar-refractivity contribution in [3.05, 3.63) is 66.7 Å². The number of amides is 2. The Labute approximate surface area is 193 Å². The summed E-state index contributed by atoms with van der Waals surface area (Å²) in [6.45, 7) is 0.928. The molecule has 0 aromatic heterocycles. The number of carbonyl (C=O) groups is 2. The van der Waals surface area contributed by atoms with Crippen molar-refractivity contribution in [2.24, 2.45) is 5.92 Å². The van der Waals surface area contributed by atoms with Crippen LogP contribution in [-0.4, -0.2) is 55.0 Å². The molecule has 1 saturated heterocycles. The molecular formula is C26H30N2O5. The third kappa shape index (κ3) is 6.28. The predicted octanol–water partition coefficient (Wildman–Crippen LogP) is 2.91. The monoisotopic (exact) mass is 450 g/mol. The van der Waals surface area contributed by atoms with E-state index >= 15 is 0 Å². The van der Waals surface area contributed by atoms with Crippen molar-refractivity contribution < 1.29 is 24.2 Å². The molecule has 3 N–H and O–H groups in total. The van der Waals surface area contributed by atoms with Crippen LogP contribution in [0.15, 0.2) is 66.7 Å². The van der Waals surface area contributed by atoms with Gasteiger partial charge in [-0.15, -0.1) is 0 Å². The van der Waals surface area contributed by atoms with E-state index in [0.717, 1.165) is 11.1 Å². The van der Waals surface area contributed by atoms with Gasteiger partial charge in [0.25, 0.3) is 0 Å². The largest absolute Gasteiger partial charge is 0.394 e. The Kier molecular flexibility index (Phi) is 7.88. The van der Waals surface area contributed by atoms with Crippen LogP contribution in [0.5, 0.6) is 0 Å². The molecule has 7 nitrogen and oxygen atoms in total. The number of carbonyl (C=O) groups excluding carboxylic acids is 2. The molecule has 2 aliphatic rings. The molecule has 0 saturated carbocycles. The normalized spacial score (nSPS) is 23.1. The van der Waals surface area contributed by atoms with Crippen molar-refractivity contribution in [1.82, 2.24) is 5.32 Å². The van der Waals surface area contributed by atoms with Gasteiger partial charge in [0.15, 0.2) is 0 Å².